The molecule has 0 aromatic carbocycles. The van der Waals surface area contributed by atoms with E-state index in [4.69, 9.17) is 27.3 Å². The molecule has 20 heavy (non-hydrogen) atoms. The zero-order valence-corrected chi connectivity index (χ0v) is 11.3. The predicted molar refractivity (Wildman–Crippen MR) is 72.8 cm³/mol. The summed E-state index contributed by atoms with van der Waals surface area (Å²) >= 11 is 6.12. The van der Waals surface area contributed by atoms with Gasteiger partial charge in [-0.25, -0.2) is 9.78 Å². The molecular weight excluding hydrogens is 286 g/mol. The van der Waals surface area contributed by atoms with E-state index in [1.54, 1.807) is 5.48 Å². The monoisotopic (exact) mass is 299 g/mol. The Morgan fingerprint density at radius 2 is 2.05 bits per heavy atom. The van der Waals surface area contributed by atoms with Gasteiger partial charge in [0.2, 0.25) is 0 Å². The number of piperazine rings is 1. The van der Waals surface area contributed by atoms with E-state index in [1.165, 1.54) is 17.2 Å². The molecule has 1 aromatic heterocycles. The van der Waals surface area contributed by atoms with Crippen molar-refractivity contribution in [1.29, 1.82) is 5.41 Å². The lowest BCUT2D eigenvalue weighted by Crippen LogP contribution is -2.48. The van der Waals surface area contributed by atoms with Crippen molar-refractivity contribution < 1.29 is 15.1 Å². The van der Waals surface area contributed by atoms with Crippen LogP contribution in [-0.4, -0.2) is 58.3 Å². The van der Waals surface area contributed by atoms with Crippen LogP contribution >= 0.6 is 11.6 Å². The molecule has 1 aliphatic heterocycles. The van der Waals surface area contributed by atoms with Gasteiger partial charge in [0.25, 0.3) is 0 Å². The molecule has 1 amide bonds. The molecular formula is C11H14ClN5O3. The number of nitrogens with zero attached hydrogens (tertiary/aromatic N) is 3. The summed E-state index contributed by atoms with van der Waals surface area (Å²) in [5.74, 6) is 0.354. The number of nitrogens with one attached hydrogen (secondary N) is 2. The molecule has 0 aliphatic carbocycles. The third kappa shape index (κ3) is 2.91. The molecule has 0 spiro atoms. The van der Waals surface area contributed by atoms with E-state index in [2.05, 4.69) is 4.98 Å². The van der Waals surface area contributed by atoms with Crippen LogP contribution in [0.25, 0.3) is 0 Å². The lowest BCUT2D eigenvalue weighted by molar-refractivity contribution is 0.142. The van der Waals surface area contributed by atoms with Crippen LogP contribution in [0.2, 0.25) is 5.02 Å². The number of amides is 1. The van der Waals surface area contributed by atoms with Gasteiger partial charge in [0, 0.05) is 37.9 Å². The van der Waals surface area contributed by atoms with Crippen molar-refractivity contribution >= 4 is 29.3 Å². The van der Waals surface area contributed by atoms with E-state index in [0.717, 1.165) is 0 Å². The van der Waals surface area contributed by atoms with E-state index in [-0.39, 0.29) is 5.84 Å². The molecule has 0 unspecified atom stereocenters. The van der Waals surface area contributed by atoms with Crippen LogP contribution in [-0.2, 0) is 0 Å². The van der Waals surface area contributed by atoms with E-state index >= 15 is 0 Å². The van der Waals surface area contributed by atoms with Gasteiger partial charge in [-0.15, -0.1) is 0 Å². The van der Waals surface area contributed by atoms with Gasteiger partial charge in [0.15, 0.2) is 5.84 Å². The van der Waals surface area contributed by atoms with E-state index in [1.807, 2.05) is 4.90 Å². The smallest absolute Gasteiger partial charge is 0.407 e. The third-order valence-corrected chi connectivity index (χ3v) is 3.35. The van der Waals surface area contributed by atoms with E-state index in [0.29, 0.717) is 42.6 Å². The van der Waals surface area contributed by atoms with Gasteiger partial charge >= 0.3 is 6.09 Å². The standard InChI is InChI=1S/C11H14ClN5O3/c12-8-5-7(9(13)15-20)6-14-10(8)16-1-3-17(4-2-16)11(18)19/h5-6,20H,1-4H2,(H2,13,15)(H,18,19). The lowest BCUT2D eigenvalue weighted by atomic mass is 10.2. The number of hydrogen-bond donors (Lipinski definition) is 4. The highest BCUT2D eigenvalue weighted by atomic mass is 35.5. The number of pyridine rings is 1. The van der Waals surface area contributed by atoms with Gasteiger partial charge in [-0.3, -0.25) is 16.1 Å². The first kappa shape index (κ1) is 14.4. The average molecular weight is 300 g/mol. The highest BCUT2D eigenvalue weighted by Gasteiger charge is 2.22. The minimum absolute atomic E-state index is 0.193. The fraction of sp³-hybridized carbons (Fsp3) is 0.364. The summed E-state index contributed by atoms with van der Waals surface area (Å²) in [5.41, 5.74) is 2.09. The average Bonchev–Trinajstić information content (AvgIpc) is 2.46. The molecule has 0 atom stereocenters. The van der Waals surface area contributed by atoms with Crippen molar-refractivity contribution in [3.8, 4) is 0 Å². The number of rotatable bonds is 2. The Morgan fingerprint density at radius 1 is 1.40 bits per heavy atom. The van der Waals surface area contributed by atoms with Crippen molar-refractivity contribution in [3.63, 3.8) is 0 Å². The molecule has 0 radical (unpaired) electrons. The molecule has 8 nitrogen and oxygen atoms in total. The molecule has 0 bridgehead atoms. The van der Waals surface area contributed by atoms with Crippen LogP contribution in [0, 0.1) is 5.41 Å². The Labute approximate surface area is 120 Å². The number of hydroxylamine groups is 1. The van der Waals surface area contributed by atoms with E-state index in [9.17, 15) is 4.79 Å². The summed E-state index contributed by atoms with van der Waals surface area (Å²) < 4.78 is 0. The van der Waals surface area contributed by atoms with Crippen molar-refractivity contribution in [2.24, 2.45) is 0 Å². The summed E-state index contributed by atoms with van der Waals surface area (Å²) in [6.45, 7) is 1.80. The molecule has 1 aliphatic rings. The fourth-order valence-electron chi connectivity index (χ4n) is 1.97. The Morgan fingerprint density at radius 3 is 2.55 bits per heavy atom. The highest BCUT2D eigenvalue weighted by Crippen LogP contribution is 2.25. The molecule has 2 rings (SSSR count). The minimum atomic E-state index is -0.929. The van der Waals surface area contributed by atoms with Gasteiger partial charge in [0.1, 0.15) is 5.82 Å². The first-order chi connectivity index (χ1) is 9.52. The van der Waals surface area contributed by atoms with Gasteiger partial charge < -0.3 is 14.9 Å². The second-order valence-electron chi connectivity index (χ2n) is 4.27. The van der Waals surface area contributed by atoms with Crippen LogP contribution in [0.4, 0.5) is 10.6 Å². The lowest BCUT2D eigenvalue weighted by Gasteiger charge is -2.34. The maximum absolute atomic E-state index is 10.8. The zero-order chi connectivity index (χ0) is 14.7. The van der Waals surface area contributed by atoms with Gasteiger partial charge in [0.05, 0.1) is 5.02 Å². The summed E-state index contributed by atoms with van der Waals surface area (Å²) in [6.07, 6.45) is 0.498. The maximum Gasteiger partial charge on any atom is 0.407 e. The topological polar surface area (TPSA) is 113 Å². The normalized spacial score (nSPS) is 15.1. The number of aromatic nitrogens is 1. The Hall–Kier alpha value is -2.06. The number of hydrogen-bond acceptors (Lipinski definition) is 5. The molecule has 9 heteroatoms. The zero-order valence-electron chi connectivity index (χ0n) is 10.5. The van der Waals surface area contributed by atoms with Crippen LogP contribution in [0.1, 0.15) is 5.56 Å². The Bertz CT molecular complexity index is 531. The summed E-state index contributed by atoms with van der Waals surface area (Å²) in [7, 11) is 0. The van der Waals surface area contributed by atoms with Crippen LogP contribution < -0.4 is 10.4 Å². The largest absolute Gasteiger partial charge is 0.465 e. The summed E-state index contributed by atoms with van der Waals surface area (Å²) in [4.78, 5) is 18.2. The van der Waals surface area contributed by atoms with Crippen LogP contribution in [0.5, 0.6) is 0 Å². The quantitative estimate of drug-likeness (QED) is 0.366. The summed E-state index contributed by atoms with van der Waals surface area (Å²) in [6, 6.07) is 1.53. The van der Waals surface area contributed by atoms with E-state index < -0.39 is 6.09 Å². The molecule has 1 saturated heterocycles. The molecule has 1 aromatic rings. The van der Waals surface area contributed by atoms with Gasteiger partial charge in [-0.2, -0.15) is 0 Å². The first-order valence-electron chi connectivity index (χ1n) is 5.90. The fourth-order valence-corrected chi connectivity index (χ4v) is 2.26. The number of halogens is 1. The maximum atomic E-state index is 10.8. The molecule has 2 heterocycles. The molecule has 108 valence electrons. The molecule has 1 fully saturated rings. The minimum Gasteiger partial charge on any atom is -0.465 e. The third-order valence-electron chi connectivity index (χ3n) is 3.07. The predicted octanol–water partition coefficient (Wildman–Crippen LogP) is 0.839. The van der Waals surface area contributed by atoms with Crippen molar-refractivity contribution in [2.45, 2.75) is 0 Å². The van der Waals surface area contributed by atoms with Crippen LogP contribution in [0.15, 0.2) is 12.3 Å². The van der Waals surface area contributed by atoms with Crippen molar-refractivity contribution in [1.82, 2.24) is 15.4 Å². The SMILES string of the molecule is N=C(NO)c1cnc(N2CCN(C(=O)O)CC2)c(Cl)c1. The van der Waals surface area contributed by atoms with Gasteiger partial charge in [-0.1, -0.05) is 11.6 Å². The van der Waals surface area contributed by atoms with Crippen LogP contribution in [0.3, 0.4) is 0 Å². The summed E-state index contributed by atoms with van der Waals surface area (Å²) in [5, 5.41) is 25.3. The van der Waals surface area contributed by atoms with Crippen molar-refractivity contribution in [3.05, 3.63) is 22.8 Å². The molecule has 0 saturated carbocycles. The number of carboxylic acid groups (broad SMARTS) is 1. The first-order valence-corrected chi connectivity index (χ1v) is 6.28. The second-order valence-corrected chi connectivity index (χ2v) is 4.68. The van der Waals surface area contributed by atoms with Crippen molar-refractivity contribution in [2.75, 3.05) is 31.1 Å². The Kier molecular flexibility index (Phi) is 4.26. The second kappa shape index (κ2) is 5.93. The molecule has 4 N–H and O–H groups in total. The number of carbonyl (C=O) groups is 1. The number of amidine groups is 1. The van der Waals surface area contributed by atoms with Gasteiger partial charge in [-0.05, 0) is 6.07 Å². The number of anilines is 1. The highest BCUT2D eigenvalue weighted by molar-refractivity contribution is 6.33. The Balaban J connectivity index is 2.11.